The van der Waals surface area contributed by atoms with Crippen LogP contribution in [-0.2, 0) is 0 Å². The molecule has 0 fully saturated rings. The monoisotopic (exact) mass is 291 g/mol. The van der Waals surface area contributed by atoms with Crippen molar-refractivity contribution < 1.29 is 0 Å². The van der Waals surface area contributed by atoms with Crippen molar-refractivity contribution in [2.75, 3.05) is 19.0 Å². The normalized spacial score (nSPS) is 6.80. The predicted molar refractivity (Wildman–Crippen MR) is 79.9 cm³/mol. The van der Waals surface area contributed by atoms with Crippen LogP contribution in [0.2, 0.25) is 0 Å². The number of halogens is 4. The molecule has 15 heavy (non-hydrogen) atoms. The van der Waals surface area contributed by atoms with Gasteiger partial charge in [-0.05, 0) is 17.7 Å². The van der Waals surface area contributed by atoms with Crippen molar-refractivity contribution in [2.45, 2.75) is 0 Å². The summed E-state index contributed by atoms with van der Waals surface area (Å²) in [6.07, 6.45) is 1.85. The van der Waals surface area contributed by atoms with Gasteiger partial charge >= 0.3 is 0 Å². The zero-order chi connectivity index (χ0) is 8.27. The van der Waals surface area contributed by atoms with E-state index in [1.165, 1.54) is 5.69 Å². The third kappa shape index (κ3) is 7.80. The molecule has 1 rings (SSSR count). The molecule has 0 radical (unpaired) electrons. The van der Waals surface area contributed by atoms with Crippen LogP contribution in [0.25, 0.3) is 6.08 Å². The maximum absolute atomic E-state index is 3.69. The highest BCUT2D eigenvalue weighted by molar-refractivity contribution is 5.86. The first-order valence-corrected chi connectivity index (χ1v) is 3.64. The topological polar surface area (TPSA) is 3.24 Å². The van der Waals surface area contributed by atoms with Gasteiger partial charge in [0, 0.05) is 19.8 Å². The van der Waals surface area contributed by atoms with E-state index in [0.29, 0.717) is 0 Å². The Bertz CT molecular complexity index is 246. The van der Waals surface area contributed by atoms with Gasteiger partial charge in [-0.3, -0.25) is 0 Å². The number of hydrogen-bond acceptors (Lipinski definition) is 1. The molecule has 5 heteroatoms. The lowest BCUT2D eigenvalue weighted by molar-refractivity contribution is 1.13. The smallest absolute Gasteiger partial charge is 0.0361 e. The van der Waals surface area contributed by atoms with E-state index in [0.717, 1.165) is 5.56 Å². The molecule has 0 N–H and O–H groups in total. The molecule has 0 aliphatic heterocycles. The van der Waals surface area contributed by atoms with Crippen LogP contribution < -0.4 is 4.90 Å². The minimum Gasteiger partial charge on any atom is -0.378 e. The van der Waals surface area contributed by atoms with Crippen LogP contribution in [-0.4, -0.2) is 14.1 Å². The number of rotatable bonds is 2. The molecule has 1 nitrogen and oxygen atoms in total. The van der Waals surface area contributed by atoms with E-state index in [-0.39, 0.29) is 49.6 Å². The van der Waals surface area contributed by atoms with E-state index >= 15 is 0 Å². The van der Waals surface area contributed by atoms with Crippen molar-refractivity contribution in [1.82, 2.24) is 0 Å². The quantitative estimate of drug-likeness (QED) is 0.794. The Morgan fingerprint density at radius 3 is 1.60 bits per heavy atom. The van der Waals surface area contributed by atoms with Gasteiger partial charge in [0.15, 0.2) is 0 Å². The fraction of sp³-hybridized carbons (Fsp3) is 0.200. The van der Waals surface area contributed by atoms with Crippen LogP contribution in [0.5, 0.6) is 0 Å². The van der Waals surface area contributed by atoms with Crippen molar-refractivity contribution in [3.63, 3.8) is 0 Å². The van der Waals surface area contributed by atoms with Crippen LogP contribution in [0.3, 0.4) is 0 Å². The Hall–Kier alpha value is -0.0800. The van der Waals surface area contributed by atoms with Crippen molar-refractivity contribution in [1.29, 1.82) is 0 Å². The zero-order valence-electron chi connectivity index (χ0n) is 8.67. The Morgan fingerprint density at radius 1 is 0.933 bits per heavy atom. The van der Waals surface area contributed by atoms with Gasteiger partial charge in [0.2, 0.25) is 0 Å². The van der Waals surface area contributed by atoms with E-state index in [2.05, 4.69) is 35.7 Å². The van der Waals surface area contributed by atoms with E-state index in [4.69, 9.17) is 0 Å². The molecular weight excluding hydrogens is 276 g/mol. The Kier molecular flexibility index (Phi) is 19.4. The summed E-state index contributed by atoms with van der Waals surface area (Å²) in [6.45, 7) is 3.69. The van der Waals surface area contributed by atoms with Crippen molar-refractivity contribution in [2.24, 2.45) is 0 Å². The van der Waals surface area contributed by atoms with Gasteiger partial charge in [-0.1, -0.05) is 24.8 Å². The molecule has 0 aliphatic carbocycles. The molecule has 1 aromatic carbocycles. The summed E-state index contributed by atoms with van der Waals surface area (Å²) in [5.41, 5.74) is 2.38. The standard InChI is InChI=1S/C10H13N.4ClH/c1-4-9-5-7-10(8-6-9)11(2)3;;;;/h4-8H,1H2,2-3H3;4*1H. The Balaban J connectivity index is -0.000000151. The zero-order valence-corrected chi connectivity index (χ0v) is 11.9. The van der Waals surface area contributed by atoms with Crippen LogP contribution in [0, 0.1) is 0 Å². The fourth-order valence-electron chi connectivity index (χ4n) is 0.909. The van der Waals surface area contributed by atoms with Gasteiger partial charge in [0.05, 0.1) is 0 Å². The van der Waals surface area contributed by atoms with Gasteiger partial charge < -0.3 is 4.90 Å². The molecular formula is C10H17Cl4N. The lowest BCUT2D eigenvalue weighted by atomic mass is 10.2. The maximum atomic E-state index is 3.69. The van der Waals surface area contributed by atoms with Crippen LogP contribution in [0.4, 0.5) is 5.69 Å². The lowest BCUT2D eigenvalue weighted by Gasteiger charge is -2.11. The molecule has 90 valence electrons. The summed E-state index contributed by atoms with van der Waals surface area (Å²) in [4.78, 5) is 2.08. The van der Waals surface area contributed by atoms with E-state index < -0.39 is 0 Å². The van der Waals surface area contributed by atoms with Crippen molar-refractivity contribution >= 4 is 61.4 Å². The van der Waals surface area contributed by atoms with Gasteiger partial charge in [0.25, 0.3) is 0 Å². The highest BCUT2D eigenvalue weighted by Gasteiger charge is 1.91. The van der Waals surface area contributed by atoms with Gasteiger partial charge in [-0.15, -0.1) is 49.6 Å². The molecule has 0 spiro atoms. The van der Waals surface area contributed by atoms with Crippen LogP contribution in [0.1, 0.15) is 5.56 Å². The second-order valence-electron chi connectivity index (χ2n) is 2.69. The first kappa shape index (κ1) is 24.2. The molecule has 0 amide bonds. The summed E-state index contributed by atoms with van der Waals surface area (Å²) in [7, 11) is 4.06. The fourth-order valence-corrected chi connectivity index (χ4v) is 0.909. The van der Waals surface area contributed by atoms with E-state index in [1.807, 2.05) is 20.2 Å². The highest BCUT2D eigenvalue weighted by Crippen LogP contribution is 2.12. The molecule has 0 saturated heterocycles. The van der Waals surface area contributed by atoms with E-state index in [9.17, 15) is 0 Å². The molecule has 0 heterocycles. The molecule has 0 saturated carbocycles. The number of nitrogens with zero attached hydrogens (tertiary/aromatic N) is 1. The second kappa shape index (κ2) is 12.0. The third-order valence-corrected chi connectivity index (χ3v) is 1.65. The average molecular weight is 293 g/mol. The van der Waals surface area contributed by atoms with Crippen molar-refractivity contribution in [3.8, 4) is 0 Å². The third-order valence-electron chi connectivity index (χ3n) is 1.65. The van der Waals surface area contributed by atoms with Crippen LogP contribution in [0.15, 0.2) is 30.8 Å². The minimum absolute atomic E-state index is 0. The second-order valence-corrected chi connectivity index (χ2v) is 2.69. The first-order chi connectivity index (χ1) is 5.24. The van der Waals surface area contributed by atoms with Crippen LogP contribution >= 0.6 is 49.6 Å². The summed E-state index contributed by atoms with van der Waals surface area (Å²) in [6, 6.07) is 8.28. The lowest BCUT2D eigenvalue weighted by Crippen LogP contribution is -2.07. The average Bonchev–Trinajstić information content (AvgIpc) is 2.05. The molecule has 1 aromatic rings. The molecule has 0 unspecified atom stereocenters. The SMILES string of the molecule is C=Cc1ccc(N(C)C)cc1.Cl.Cl.Cl.Cl. The molecule has 0 bridgehead atoms. The summed E-state index contributed by atoms with van der Waals surface area (Å²) in [5, 5.41) is 0. The van der Waals surface area contributed by atoms with Crippen molar-refractivity contribution in [3.05, 3.63) is 36.4 Å². The maximum Gasteiger partial charge on any atom is 0.0361 e. The molecule has 0 atom stereocenters. The summed E-state index contributed by atoms with van der Waals surface area (Å²) < 4.78 is 0. The number of benzene rings is 1. The minimum atomic E-state index is 0. The first-order valence-electron chi connectivity index (χ1n) is 3.64. The largest absolute Gasteiger partial charge is 0.378 e. The highest BCUT2D eigenvalue weighted by atomic mass is 35.5. The molecule has 0 aliphatic rings. The van der Waals surface area contributed by atoms with Gasteiger partial charge in [-0.25, -0.2) is 0 Å². The Labute approximate surface area is 117 Å². The Morgan fingerprint density at radius 2 is 1.33 bits per heavy atom. The summed E-state index contributed by atoms with van der Waals surface area (Å²) >= 11 is 0. The van der Waals surface area contributed by atoms with E-state index in [1.54, 1.807) is 0 Å². The predicted octanol–water partition coefficient (Wildman–Crippen LogP) is 4.08. The molecule has 0 aromatic heterocycles. The van der Waals surface area contributed by atoms with Gasteiger partial charge in [0.1, 0.15) is 0 Å². The summed E-state index contributed by atoms with van der Waals surface area (Å²) in [5.74, 6) is 0. The number of anilines is 1. The van der Waals surface area contributed by atoms with Gasteiger partial charge in [-0.2, -0.15) is 0 Å². The number of hydrogen-bond donors (Lipinski definition) is 0.